The van der Waals surface area contributed by atoms with Gasteiger partial charge in [0.2, 0.25) is 0 Å². The number of carbonyl (C=O) groups is 3. The predicted octanol–water partition coefficient (Wildman–Crippen LogP) is 0.812. The summed E-state index contributed by atoms with van der Waals surface area (Å²) in [5, 5.41) is 8.68. The summed E-state index contributed by atoms with van der Waals surface area (Å²) >= 11 is 0. The van der Waals surface area contributed by atoms with Crippen molar-refractivity contribution in [3.8, 4) is 0 Å². The van der Waals surface area contributed by atoms with Crippen molar-refractivity contribution in [2.24, 2.45) is 5.92 Å². The van der Waals surface area contributed by atoms with Gasteiger partial charge in [-0.3, -0.25) is 9.59 Å². The highest BCUT2D eigenvalue weighted by atomic mass is 16.6. The number of aliphatic hydroxyl groups is 1. The lowest BCUT2D eigenvalue weighted by Gasteiger charge is -2.31. The molecule has 2 amide bonds. The fourth-order valence-electron chi connectivity index (χ4n) is 2.95. The first kappa shape index (κ1) is 22.1. The second-order valence-corrected chi connectivity index (χ2v) is 6.76. The number of amides is 2. The molecular weight excluding hydrogens is 370 g/mol. The molecule has 1 saturated heterocycles. The Balaban J connectivity index is 2.10. The molecule has 9 nitrogen and oxygen atoms in total. The van der Waals surface area contributed by atoms with Gasteiger partial charge in [-0.05, 0) is 30.6 Å². The van der Waals surface area contributed by atoms with E-state index in [0.717, 1.165) is 4.90 Å². The molecule has 0 aromatic carbocycles. The van der Waals surface area contributed by atoms with Gasteiger partial charge >= 0.3 is 6.09 Å². The van der Waals surface area contributed by atoms with Gasteiger partial charge in [-0.25, -0.2) is 9.69 Å². The maximum Gasteiger partial charge on any atom is 0.417 e. The van der Waals surface area contributed by atoms with Crippen LogP contribution >= 0.6 is 0 Å². The van der Waals surface area contributed by atoms with Crippen LogP contribution in [0, 0.1) is 5.92 Å². The lowest BCUT2D eigenvalue weighted by Crippen LogP contribution is -2.53. The average molecular weight is 397 g/mol. The van der Waals surface area contributed by atoms with E-state index in [-0.39, 0.29) is 25.7 Å². The standard InChI is InChI=1S/C19H27NO8/c1-12(2)14-11-27-19(24)20(14)18(23)17(25-3)16-15(22)7-6-13(28-16)5-4-9-26-10-8-21/h5-7,12,14,16-17,21H,4,8-11H2,1-3H3. The fourth-order valence-corrected chi connectivity index (χ4v) is 2.95. The Kier molecular flexibility index (Phi) is 8.16. The van der Waals surface area contributed by atoms with Crippen LogP contribution in [0.5, 0.6) is 0 Å². The Morgan fingerprint density at radius 2 is 2.11 bits per heavy atom. The van der Waals surface area contributed by atoms with Gasteiger partial charge in [-0.2, -0.15) is 0 Å². The third-order valence-electron chi connectivity index (χ3n) is 4.48. The molecule has 0 aromatic rings. The summed E-state index contributed by atoms with van der Waals surface area (Å²) in [7, 11) is 1.29. The Hall–Kier alpha value is -2.23. The van der Waals surface area contributed by atoms with Crippen molar-refractivity contribution in [1.29, 1.82) is 0 Å². The maximum absolute atomic E-state index is 13.0. The molecule has 2 aliphatic heterocycles. The molecule has 2 heterocycles. The molecule has 2 rings (SSSR count). The summed E-state index contributed by atoms with van der Waals surface area (Å²) in [6.45, 7) is 4.42. The smallest absolute Gasteiger partial charge is 0.417 e. The minimum absolute atomic E-state index is 0.00912. The van der Waals surface area contributed by atoms with Crippen LogP contribution in [0.15, 0.2) is 24.0 Å². The van der Waals surface area contributed by atoms with Crippen LogP contribution in [-0.4, -0.2) is 79.6 Å². The van der Waals surface area contributed by atoms with E-state index >= 15 is 0 Å². The van der Waals surface area contributed by atoms with Crippen molar-refractivity contribution in [2.45, 2.75) is 38.5 Å². The number of aliphatic hydroxyl groups excluding tert-OH is 1. The number of rotatable bonds is 9. The molecule has 0 aromatic heterocycles. The predicted molar refractivity (Wildman–Crippen MR) is 97.2 cm³/mol. The second kappa shape index (κ2) is 10.4. The zero-order valence-corrected chi connectivity index (χ0v) is 16.3. The highest BCUT2D eigenvalue weighted by molar-refractivity contribution is 6.03. The van der Waals surface area contributed by atoms with Gasteiger partial charge in [0.25, 0.3) is 5.91 Å². The number of ketones is 1. The lowest BCUT2D eigenvalue weighted by molar-refractivity contribution is -0.154. The first-order chi connectivity index (χ1) is 13.4. The third kappa shape index (κ3) is 5.18. The average Bonchev–Trinajstić information content (AvgIpc) is 3.06. The van der Waals surface area contributed by atoms with Gasteiger partial charge < -0.3 is 24.1 Å². The summed E-state index contributed by atoms with van der Waals surface area (Å²) in [4.78, 5) is 38.3. The SMILES string of the molecule is COC(C(=O)N1C(=O)OCC1C(C)C)C1OC(=CCCOCCO)C=CC1=O. The zero-order valence-electron chi connectivity index (χ0n) is 16.3. The molecule has 0 bridgehead atoms. The summed E-state index contributed by atoms with van der Waals surface area (Å²) in [5.41, 5.74) is 0. The van der Waals surface area contributed by atoms with E-state index in [1.54, 1.807) is 6.08 Å². The molecule has 1 fully saturated rings. The van der Waals surface area contributed by atoms with Gasteiger partial charge in [-0.1, -0.05) is 13.8 Å². The number of hydrogen-bond donors (Lipinski definition) is 1. The molecular formula is C19H27NO8. The maximum atomic E-state index is 13.0. The lowest BCUT2D eigenvalue weighted by atomic mass is 10.0. The van der Waals surface area contributed by atoms with Crippen molar-refractivity contribution in [1.82, 2.24) is 4.90 Å². The van der Waals surface area contributed by atoms with Gasteiger partial charge in [0.05, 0.1) is 25.9 Å². The topological polar surface area (TPSA) is 112 Å². The summed E-state index contributed by atoms with van der Waals surface area (Å²) in [6.07, 6.45) is 1.80. The van der Waals surface area contributed by atoms with Crippen molar-refractivity contribution in [2.75, 3.05) is 33.5 Å². The van der Waals surface area contributed by atoms with E-state index < -0.39 is 36.0 Å². The van der Waals surface area contributed by atoms with Crippen LogP contribution in [0.2, 0.25) is 0 Å². The summed E-state index contributed by atoms with van der Waals surface area (Å²) < 4.78 is 21.1. The Morgan fingerprint density at radius 3 is 2.75 bits per heavy atom. The number of carbonyl (C=O) groups excluding carboxylic acids is 3. The number of nitrogens with zero attached hydrogens (tertiary/aromatic N) is 1. The van der Waals surface area contributed by atoms with Gasteiger partial charge in [-0.15, -0.1) is 0 Å². The van der Waals surface area contributed by atoms with E-state index in [4.69, 9.17) is 24.1 Å². The molecule has 2 aliphatic rings. The number of hydrogen-bond acceptors (Lipinski definition) is 8. The second-order valence-electron chi connectivity index (χ2n) is 6.76. The van der Waals surface area contributed by atoms with Crippen molar-refractivity contribution in [3.63, 3.8) is 0 Å². The number of allylic oxidation sites excluding steroid dienone is 1. The Labute approximate surface area is 163 Å². The van der Waals surface area contributed by atoms with Crippen LogP contribution in [0.4, 0.5) is 4.79 Å². The number of imide groups is 1. The van der Waals surface area contributed by atoms with E-state index in [1.807, 2.05) is 13.8 Å². The molecule has 156 valence electrons. The van der Waals surface area contributed by atoms with Crippen molar-refractivity contribution < 1.29 is 38.4 Å². The normalized spacial score (nSPS) is 24.6. The summed E-state index contributed by atoms with van der Waals surface area (Å²) in [6, 6.07) is -0.425. The van der Waals surface area contributed by atoms with E-state index in [1.165, 1.54) is 19.3 Å². The fraction of sp³-hybridized carbons (Fsp3) is 0.632. The first-order valence-corrected chi connectivity index (χ1v) is 9.20. The van der Waals surface area contributed by atoms with Gasteiger partial charge in [0, 0.05) is 7.11 Å². The van der Waals surface area contributed by atoms with Crippen LogP contribution in [0.3, 0.4) is 0 Å². The van der Waals surface area contributed by atoms with Crippen LogP contribution in [0.1, 0.15) is 20.3 Å². The molecule has 0 spiro atoms. The quantitative estimate of drug-likeness (QED) is 0.569. The molecule has 1 N–H and O–H groups in total. The number of cyclic esters (lactones) is 1. The van der Waals surface area contributed by atoms with E-state index in [9.17, 15) is 14.4 Å². The summed E-state index contributed by atoms with van der Waals surface area (Å²) in [5.74, 6) is -0.702. The van der Waals surface area contributed by atoms with Crippen molar-refractivity contribution in [3.05, 3.63) is 24.0 Å². The van der Waals surface area contributed by atoms with Crippen LogP contribution in [0.25, 0.3) is 0 Å². The third-order valence-corrected chi connectivity index (χ3v) is 4.48. The number of methoxy groups -OCH3 is 1. The largest absolute Gasteiger partial charge is 0.479 e. The number of ether oxygens (including phenoxy) is 4. The molecule has 0 aliphatic carbocycles. The highest BCUT2D eigenvalue weighted by Crippen LogP contribution is 2.25. The molecule has 9 heteroatoms. The highest BCUT2D eigenvalue weighted by Gasteiger charge is 2.47. The first-order valence-electron chi connectivity index (χ1n) is 9.20. The van der Waals surface area contributed by atoms with Gasteiger partial charge in [0.1, 0.15) is 12.4 Å². The molecule has 3 atom stereocenters. The molecule has 0 saturated carbocycles. The molecule has 0 radical (unpaired) electrons. The van der Waals surface area contributed by atoms with Crippen molar-refractivity contribution >= 4 is 17.8 Å². The Morgan fingerprint density at radius 1 is 1.36 bits per heavy atom. The monoisotopic (exact) mass is 397 g/mol. The molecule has 28 heavy (non-hydrogen) atoms. The van der Waals surface area contributed by atoms with Crippen LogP contribution < -0.4 is 0 Å². The minimum atomic E-state index is -1.28. The Bertz CT molecular complexity index is 642. The van der Waals surface area contributed by atoms with Crippen LogP contribution in [-0.2, 0) is 28.5 Å². The minimum Gasteiger partial charge on any atom is -0.479 e. The molecule has 3 unspecified atom stereocenters. The van der Waals surface area contributed by atoms with Gasteiger partial charge in [0.15, 0.2) is 18.0 Å². The van der Waals surface area contributed by atoms with E-state index in [2.05, 4.69) is 0 Å². The zero-order chi connectivity index (χ0) is 20.7. The van der Waals surface area contributed by atoms with E-state index in [0.29, 0.717) is 18.8 Å².